The smallest absolute Gasteiger partial charge is 0.416 e. The number of pyridine rings is 1. The third-order valence-electron chi connectivity index (χ3n) is 5.46. The molecule has 3 N–H and O–H groups in total. The van der Waals surface area contributed by atoms with Crippen LogP contribution in [0, 0.1) is 0 Å². The predicted octanol–water partition coefficient (Wildman–Crippen LogP) is 6.73. The first-order valence-corrected chi connectivity index (χ1v) is 11.5. The Kier molecular flexibility index (Phi) is 7.91. The molecule has 4 rings (SSSR count). The van der Waals surface area contributed by atoms with Crippen LogP contribution in [-0.4, -0.2) is 28.7 Å². The minimum Gasteiger partial charge on any atom is -0.493 e. The van der Waals surface area contributed by atoms with E-state index in [4.69, 9.17) is 9.84 Å². The molecule has 3 aromatic carbocycles. The average molecular weight is 521 g/mol. The van der Waals surface area contributed by atoms with E-state index in [1.54, 1.807) is 66.7 Å². The van der Waals surface area contributed by atoms with Gasteiger partial charge in [0.15, 0.2) is 0 Å². The van der Waals surface area contributed by atoms with Gasteiger partial charge in [-0.3, -0.25) is 10.1 Å². The average Bonchev–Trinajstić information content (AvgIpc) is 2.89. The van der Waals surface area contributed by atoms with Gasteiger partial charge in [0.05, 0.1) is 12.2 Å². The number of alkyl halides is 3. The monoisotopic (exact) mass is 521 g/mol. The van der Waals surface area contributed by atoms with Gasteiger partial charge < -0.3 is 15.2 Å². The second-order valence-electron chi connectivity index (χ2n) is 8.15. The molecule has 2 amide bonds. The molecule has 0 unspecified atom stereocenters. The van der Waals surface area contributed by atoms with Gasteiger partial charge in [0, 0.05) is 23.4 Å². The Bertz CT molecular complexity index is 1430. The van der Waals surface area contributed by atoms with Crippen LogP contribution in [0.2, 0.25) is 0 Å². The summed E-state index contributed by atoms with van der Waals surface area (Å²) in [7, 11) is 0. The molecule has 0 fully saturated rings. The van der Waals surface area contributed by atoms with Crippen molar-refractivity contribution in [3.05, 3.63) is 108 Å². The second-order valence-corrected chi connectivity index (χ2v) is 8.15. The van der Waals surface area contributed by atoms with Crippen molar-refractivity contribution in [3.8, 4) is 16.9 Å². The summed E-state index contributed by atoms with van der Waals surface area (Å²) >= 11 is 0. The van der Waals surface area contributed by atoms with Crippen molar-refractivity contribution < 1.29 is 32.6 Å². The summed E-state index contributed by atoms with van der Waals surface area (Å²) in [5.74, 6) is 0.0442. The zero-order chi connectivity index (χ0) is 27.1. The molecular formula is C28H22F3N3O4. The number of carbonyl (C=O) groups is 2. The second kappa shape index (κ2) is 11.5. The van der Waals surface area contributed by atoms with E-state index >= 15 is 0 Å². The molecule has 194 valence electrons. The van der Waals surface area contributed by atoms with Crippen molar-refractivity contribution in [3.63, 3.8) is 0 Å². The molecular weight excluding hydrogens is 499 g/mol. The Morgan fingerprint density at radius 3 is 2.29 bits per heavy atom. The SMILES string of the molecule is O=C(O)Nc1cccc(CCOc2ccc(NC(=O)c3cc(C(F)(F)F)ccc3-c3ccccc3)cc2)n1. The van der Waals surface area contributed by atoms with Crippen molar-refractivity contribution >= 4 is 23.5 Å². The molecule has 10 heteroatoms. The van der Waals surface area contributed by atoms with E-state index in [1.165, 1.54) is 12.1 Å². The zero-order valence-electron chi connectivity index (χ0n) is 19.8. The van der Waals surface area contributed by atoms with Crippen LogP contribution in [0.25, 0.3) is 11.1 Å². The number of ether oxygens (including phenoxy) is 1. The van der Waals surface area contributed by atoms with Gasteiger partial charge >= 0.3 is 12.3 Å². The van der Waals surface area contributed by atoms with E-state index in [1.807, 2.05) is 0 Å². The first kappa shape index (κ1) is 26.2. The van der Waals surface area contributed by atoms with Crippen molar-refractivity contribution in [1.82, 2.24) is 4.98 Å². The fraction of sp³-hybridized carbons (Fsp3) is 0.107. The van der Waals surface area contributed by atoms with Gasteiger partial charge in [-0.05, 0) is 59.7 Å². The number of hydrogen-bond donors (Lipinski definition) is 3. The maximum atomic E-state index is 13.3. The molecule has 0 aliphatic carbocycles. The molecule has 0 aliphatic rings. The number of anilines is 2. The molecule has 0 radical (unpaired) electrons. The van der Waals surface area contributed by atoms with Crippen LogP contribution in [0.1, 0.15) is 21.6 Å². The van der Waals surface area contributed by atoms with Crippen LogP contribution in [-0.2, 0) is 12.6 Å². The standard InChI is InChI=1S/C28H22F3N3O4/c29-28(30,31)19-9-14-23(18-5-2-1-3-6-18)24(17-19)26(35)33-21-10-12-22(13-11-21)38-16-15-20-7-4-8-25(32-20)34-27(36)37/h1-14,17H,15-16H2,(H,32,34)(H,33,35)(H,36,37). The summed E-state index contributed by atoms with van der Waals surface area (Å²) in [5.41, 5.74) is 1.01. The summed E-state index contributed by atoms with van der Waals surface area (Å²) in [6, 6.07) is 23.2. The molecule has 4 aromatic rings. The quantitative estimate of drug-likeness (QED) is 0.239. The summed E-state index contributed by atoms with van der Waals surface area (Å²) < 4.78 is 45.7. The molecule has 0 spiro atoms. The van der Waals surface area contributed by atoms with Crippen molar-refractivity contribution in [1.29, 1.82) is 0 Å². The molecule has 1 aromatic heterocycles. The van der Waals surface area contributed by atoms with Gasteiger partial charge in [-0.1, -0.05) is 42.5 Å². The van der Waals surface area contributed by atoms with E-state index < -0.39 is 23.7 Å². The first-order valence-electron chi connectivity index (χ1n) is 11.5. The van der Waals surface area contributed by atoms with E-state index in [0.29, 0.717) is 34.7 Å². The van der Waals surface area contributed by atoms with Gasteiger partial charge in [-0.2, -0.15) is 13.2 Å². The van der Waals surface area contributed by atoms with Gasteiger partial charge in [0.1, 0.15) is 11.6 Å². The lowest BCUT2D eigenvalue weighted by Gasteiger charge is -2.14. The van der Waals surface area contributed by atoms with E-state index in [0.717, 1.165) is 12.1 Å². The molecule has 0 atom stereocenters. The van der Waals surface area contributed by atoms with E-state index in [-0.39, 0.29) is 18.0 Å². The Balaban J connectivity index is 1.42. The highest BCUT2D eigenvalue weighted by Gasteiger charge is 2.32. The maximum absolute atomic E-state index is 13.3. The Labute approximate surface area is 215 Å². The highest BCUT2D eigenvalue weighted by Crippen LogP contribution is 2.34. The van der Waals surface area contributed by atoms with Gasteiger partial charge in [-0.15, -0.1) is 0 Å². The first-order chi connectivity index (χ1) is 18.2. The van der Waals surface area contributed by atoms with Gasteiger partial charge in [0.2, 0.25) is 0 Å². The summed E-state index contributed by atoms with van der Waals surface area (Å²) in [6.07, 6.45) is -5.37. The number of rotatable bonds is 8. The lowest BCUT2D eigenvalue weighted by atomic mass is 9.96. The Morgan fingerprint density at radius 1 is 0.868 bits per heavy atom. The summed E-state index contributed by atoms with van der Waals surface area (Å²) in [5, 5.41) is 13.6. The van der Waals surface area contributed by atoms with Gasteiger partial charge in [-0.25, -0.2) is 9.78 Å². The maximum Gasteiger partial charge on any atom is 0.416 e. The zero-order valence-corrected chi connectivity index (χ0v) is 19.8. The number of hydrogen-bond acceptors (Lipinski definition) is 4. The molecule has 0 saturated carbocycles. The number of carboxylic acid groups (broad SMARTS) is 1. The number of benzene rings is 3. The van der Waals surface area contributed by atoms with Crippen LogP contribution in [0.3, 0.4) is 0 Å². The van der Waals surface area contributed by atoms with Crippen LogP contribution in [0.5, 0.6) is 5.75 Å². The third-order valence-corrected chi connectivity index (χ3v) is 5.46. The van der Waals surface area contributed by atoms with Gasteiger partial charge in [0.25, 0.3) is 5.91 Å². The largest absolute Gasteiger partial charge is 0.493 e. The molecule has 0 saturated heterocycles. The number of amides is 2. The molecule has 38 heavy (non-hydrogen) atoms. The normalized spacial score (nSPS) is 11.0. The predicted molar refractivity (Wildman–Crippen MR) is 136 cm³/mol. The number of carbonyl (C=O) groups excluding carboxylic acids is 1. The fourth-order valence-corrected chi connectivity index (χ4v) is 3.68. The number of halogens is 3. The molecule has 1 heterocycles. The number of aromatic nitrogens is 1. The fourth-order valence-electron chi connectivity index (χ4n) is 3.68. The Morgan fingerprint density at radius 2 is 1.61 bits per heavy atom. The lowest BCUT2D eigenvalue weighted by molar-refractivity contribution is -0.137. The Hall–Kier alpha value is -4.86. The molecule has 7 nitrogen and oxygen atoms in total. The van der Waals surface area contributed by atoms with Crippen LogP contribution < -0.4 is 15.4 Å². The highest BCUT2D eigenvalue weighted by atomic mass is 19.4. The minimum absolute atomic E-state index is 0.0986. The topological polar surface area (TPSA) is 101 Å². The molecule has 0 aliphatic heterocycles. The van der Waals surface area contributed by atoms with Crippen molar-refractivity contribution in [2.45, 2.75) is 12.6 Å². The van der Waals surface area contributed by atoms with Crippen molar-refractivity contribution in [2.24, 2.45) is 0 Å². The van der Waals surface area contributed by atoms with E-state index in [2.05, 4.69) is 15.6 Å². The van der Waals surface area contributed by atoms with Crippen molar-refractivity contribution in [2.75, 3.05) is 17.2 Å². The van der Waals surface area contributed by atoms with Crippen LogP contribution in [0.15, 0.2) is 91.0 Å². The van der Waals surface area contributed by atoms with Crippen LogP contribution in [0.4, 0.5) is 29.5 Å². The summed E-state index contributed by atoms with van der Waals surface area (Å²) in [4.78, 5) is 28.0. The number of nitrogens with one attached hydrogen (secondary N) is 2. The third kappa shape index (κ3) is 6.88. The van der Waals surface area contributed by atoms with E-state index in [9.17, 15) is 22.8 Å². The minimum atomic E-state index is -4.59. The highest BCUT2D eigenvalue weighted by molar-refractivity contribution is 6.09. The number of nitrogens with zero attached hydrogens (tertiary/aromatic N) is 1. The van der Waals surface area contributed by atoms with Crippen LogP contribution >= 0.6 is 0 Å². The lowest BCUT2D eigenvalue weighted by Crippen LogP contribution is -2.15. The summed E-state index contributed by atoms with van der Waals surface area (Å²) in [6.45, 7) is 0.264. The molecule has 0 bridgehead atoms.